The fourth-order valence-electron chi connectivity index (χ4n) is 3.06. The van der Waals surface area contributed by atoms with Gasteiger partial charge in [0.2, 0.25) is 5.60 Å². The standard InChI is InChI=1S/C16H18O6/c1-4-15(14(18)20-5-2)13-12(17)10-8-6-7-9-11(10)16(19-3,21-13)22-15/h6-9,13H,4-5H2,1-3H3/t13-,15-,16+/m1/s1. The van der Waals surface area contributed by atoms with Gasteiger partial charge in [-0.15, -0.1) is 0 Å². The van der Waals surface area contributed by atoms with E-state index < -0.39 is 23.6 Å². The first-order valence-electron chi connectivity index (χ1n) is 7.28. The van der Waals surface area contributed by atoms with Crippen molar-refractivity contribution in [1.82, 2.24) is 0 Å². The van der Waals surface area contributed by atoms with Gasteiger partial charge in [0.1, 0.15) is 0 Å². The minimum Gasteiger partial charge on any atom is -0.464 e. The zero-order chi connectivity index (χ0) is 16.0. The summed E-state index contributed by atoms with van der Waals surface area (Å²) in [5.74, 6) is -2.46. The van der Waals surface area contributed by atoms with Gasteiger partial charge in [-0.3, -0.25) is 4.79 Å². The molecule has 1 fully saturated rings. The number of hydrogen-bond donors (Lipinski definition) is 0. The summed E-state index contributed by atoms with van der Waals surface area (Å²) in [6, 6.07) is 6.89. The number of ketones is 1. The topological polar surface area (TPSA) is 71.1 Å². The molecule has 0 N–H and O–H groups in total. The van der Waals surface area contributed by atoms with Crippen LogP contribution < -0.4 is 0 Å². The normalized spacial score (nSPS) is 32.7. The highest BCUT2D eigenvalue weighted by Gasteiger charge is 2.68. The average Bonchev–Trinajstić information content (AvgIpc) is 2.88. The second kappa shape index (κ2) is 5.15. The molecule has 3 rings (SSSR count). The summed E-state index contributed by atoms with van der Waals surface area (Å²) < 4.78 is 22.2. The van der Waals surface area contributed by atoms with E-state index in [2.05, 4.69) is 0 Å². The van der Waals surface area contributed by atoms with Gasteiger partial charge in [0.15, 0.2) is 11.9 Å². The van der Waals surface area contributed by atoms with Crippen molar-refractivity contribution in [3.63, 3.8) is 0 Å². The molecule has 0 saturated carbocycles. The zero-order valence-corrected chi connectivity index (χ0v) is 12.8. The summed E-state index contributed by atoms with van der Waals surface area (Å²) in [4.78, 5) is 25.2. The summed E-state index contributed by atoms with van der Waals surface area (Å²) >= 11 is 0. The Hall–Kier alpha value is -1.76. The summed E-state index contributed by atoms with van der Waals surface area (Å²) in [6.07, 6.45) is -0.840. The Bertz CT molecular complexity index is 627. The molecule has 0 radical (unpaired) electrons. The molecule has 22 heavy (non-hydrogen) atoms. The Balaban J connectivity index is 2.16. The van der Waals surface area contributed by atoms with Crippen LogP contribution in [-0.2, 0) is 29.7 Å². The van der Waals surface area contributed by atoms with Crippen molar-refractivity contribution in [2.75, 3.05) is 13.7 Å². The molecule has 0 aromatic heterocycles. The molecule has 0 aliphatic carbocycles. The van der Waals surface area contributed by atoms with E-state index in [9.17, 15) is 9.59 Å². The fourth-order valence-corrected chi connectivity index (χ4v) is 3.06. The number of fused-ring (bicyclic) bond motifs is 4. The van der Waals surface area contributed by atoms with E-state index in [1.54, 1.807) is 38.1 Å². The van der Waals surface area contributed by atoms with Gasteiger partial charge in [0.25, 0.3) is 0 Å². The van der Waals surface area contributed by atoms with Gasteiger partial charge in [-0.25, -0.2) is 4.79 Å². The number of benzene rings is 1. The third kappa shape index (κ3) is 1.78. The number of carbonyl (C=O) groups is 2. The molecule has 1 aromatic carbocycles. The van der Waals surface area contributed by atoms with Crippen LogP contribution in [0.2, 0.25) is 0 Å². The molecule has 1 aromatic rings. The summed E-state index contributed by atoms with van der Waals surface area (Å²) in [7, 11) is 1.42. The first kappa shape index (κ1) is 15.1. The predicted molar refractivity (Wildman–Crippen MR) is 75.1 cm³/mol. The minimum absolute atomic E-state index is 0.192. The van der Waals surface area contributed by atoms with Crippen molar-refractivity contribution >= 4 is 11.8 Å². The van der Waals surface area contributed by atoms with Crippen LogP contribution in [0.5, 0.6) is 0 Å². The maximum absolute atomic E-state index is 12.7. The second-order valence-electron chi connectivity index (χ2n) is 5.23. The van der Waals surface area contributed by atoms with Crippen LogP contribution in [-0.4, -0.2) is 37.2 Å². The number of methoxy groups -OCH3 is 1. The zero-order valence-electron chi connectivity index (χ0n) is 12.8. The molecule has 0 amide bonds. The van der Waals surface area contributed by atoms with Gasteiger partial charge in [-0.1, -0.05) is 31.2 Å². The number of esters is 1. The molecule has 2 aliphatic heterocycles. The average molecular weight is 306 g/mol. The van der Waals surface area contributed by atoms with Crippen molar-refractivity contribution in [2.45, 2.75) is 37.9 Å². The monoisotopic (exact) mass is 306 g/mol. The largest absolute Gasteiger partial charge is 0.464 e. The molecule has 2 heterocycles. The summed E-state index contributed by atoms with van der Waals surface area (Å²) in [5.41, 5.74) is -0.583. The first-order chi connectivity index (χ1) is 10.5. The van der Waals surface area contributed by atoms with Gasteiger partial charge in [-0.2, -0.15) is 0 Å². The van der Waals surface area contributed by atoms with E-state index in [1.807, 2.05) is 0 Å². The van der Waals surface area contributed by atoms with Crippen molar-refractivity contribution in [3.05, 3.63) is 35.4 Å². The fraction of sp³-hybridized carbons (Fsp3) is 0.500. The van der Waals surface area contributed by atoms with Crippen molar-refractivity contribution in [3.8, 4) is 0 Å². The Kier molecular flexibility index (Phi) is 3.55. The Morgan fingerprint density at radius 1 is 1.32 bits per heavy atom. The molecule has 0 unspecified atom stereocenters. The molecule has 0 spiro atoms. The van der Waals surface area contributed by atoms with Gasteiger partial charge in [-0.05, 0) is 13.3 Å². The highest BCUT2D eigenvalue weighted by atomic mass is 16.9. The molecular formula is C16H18O6. The lowest BCUT2D eigenvalue weighted by Gasteiger charge is -2.30. The lowest BCUT2D eigenvalue weighted by atomic mass is 9.87. The van der Waals surface area contributed by atoms with Crippen molar-refractivity contribution < 1.29 is 28.5 Å². The Morgan fingerprint density at radius 2 is 2.05 bits per heavy atom. The van der Waals surface area contributed by atoms with Crippen LogP contribution >= 0.6 is 0 Å². The quantitative estimate of drug-likeness (QED) is 0.790. The van der Waals surface area contributed by atoms with Crippen molar-refractivity contribution in [2.24, 2.45) is 0 Å². The summed E-state index contributed by atoms with van der Waals surface area (Å²) in [6.45, 7) is 3.64. The molecule has 2 aliphatic rings. The van der Waals surface area contributed by atoms with Crippen molar-refractivity contribution in [1.29, 1.82) is 0 Å². The highest BCUT2D eigenvalue weighted by Crippen LogP contribution is 2.51. The number of ether oxygens (including phenoxy) is 4. The van der Waals surface area contributed by atoms with Crippen LogP contribution in [0.1, 0.15) is 36.2 Å². The van der Waals surface area contributed by atoms with Crippen LogP contribution in [0.4, 0.5) is 0 Å². The SMILES string of the molecule is CCOC(=O)[C@]1(CC)O[C@@]2(OC)O[C@@H]1C(=O)c1ccccc12. The van der Waals surface area contributed by atoms with Gasteiger partial charge in [0, 0.05) is 12.7 Å². The van der Waals surface area contributed by atoms with E-state index >= 15 is 0 Å². The molecule has 6 nitrogen and oxygen atoms in total. The maximum atomic E-state index is 12.7. The number of rotatable bonds is 4. The Labute approximate surface area is 128 Å². The van der Waals surface area contributed by atoms with E-state index in [4.69, 9.17) is 18.9 Å². The molecule has 3 atom stereocenters. The molecule has 2 bridgehead atoms. The van der Waals surface area contributed by atoms with E-state index in [0.29, 0.717) is 11.1 Å². The van der Waals surface area contributed by atoms with E-state index in [0.717, 1.165) is 0 Å². The first-order valence-corrected chi connectivity index (χ1v) is 7.28. The van der Waals surface area contributed by atoms with Crippen LogP contribution in [0.3, 0.4) is 0 Å². The van der Waals surface area contributed by atoms with E-state index in [1.165, 1.54) is 7.11 Å². The molecular weight excluding hydrogens is 288 g/mol. The van der Waals surface area contributed by atoms with Gasteiger partial charge in [0.05, 0.1) is 12.2 Å². The predicted octanol–water partition coefficient (Wildman–Crippen LogP) is 1.77. The Morgan fingerprint density at radius 3 is 2.68 bits per heavy atom. The third-order valence-electron chi connectivity index (χ3n) is 4.19. The van der Waals surface area contributed by atoms with Crippen LogP contribution in [0.15, 0.2) is 24.3 Å². The minimum atomic E-state index is -1.56. The highest BCUT2D eigenvalue weighted by molar-refractivity contribution is 6.06. The van der Waals surface area contributed by atoms with Gasteiger partial charge < -0.3 is 18.9 Å². The summed E-state index contributed by atoms with van der Waals surface area (Å²) in [5, 5.41) is 0. The van der Waals surface area contributed by atoms with Gasteiger partial charge >= 0.3 is 11.9 Å². The molecule has 6 heteroatoms. The number of Topliss-reactive ketones (excluding diaryl/α,β-unsaturated/α-hetero) is 1. The third-order valence-corrected chi connectivity index (χ3v) is 4.19. The van der Waals surface area contributed by atoms with E-state index in [-0.39, 0.29) is 18.8 Å². The smallest absolute Gasteiger partial charge is 0.341 e. The second-order valence-corrected chi connectivity index (χ2v) is 5.23. The number of hydrogen-bond acceptors (Lipinski definition) is 6. The number of carbonyl (C=O) groups excluding carboxylic acids is 2. The van der Waals surface area contributed by atoms with Crippen LogP contribution in [0, 0.1) is 0 Å². The molecule has 1 saturated heterocycles. The molecule has 118 valence electrons. The maximum Gasteiger partial charge on any atom is 0.341 e. The van der Waals surface area contributed by atoms with Crippen LogP contribution in [0.25, 0.3) is 0 Å². The lowest BCUT2D eigenvalue weighted by molar-refractivity contribution is -0.350. The lowest BCUT2D eigenvalue weighted by Crippen LogP contribution is -2.51.